The van der Waals surface area contributed by atoms with E-state index in [0.29, 0.717) is 17.0 Å². The quantitative estimate of drug-likeness (QED) is 0.735. The van der Waals surface area contributed by atoms with Gasteiger partial charge in [0.2, 0.25) is 0 Å². The summed E-state index contributed by atoms with van der Waals surface area (Å²) >= 11 is 5.14. The van der Waals surface area contributed by atoms with Crippen LogP contribution in [0.25, 0.3) is 0 Å². The van der Waals surface area contributed by atoms with Crippen LogP contribution in [0.5, 0.6) is 0 Å². The minimum atomic E-state index is -0.113. The van der Waals surface area contributed by atoms with Gasteiger partial charge in [-0.15, -0.1) is 0 Å². The van der Waals surface area contributed by atoms with Gasteiger partial charge in [-0.2, -0.15) is 10.2 Å². The number of anilines is 1. The Morgan fingerprint density at radius 2 is 2.43 bits per heavy atom. The van der Waals surface area contributed by atoms with Crippen LogP contribution in [-0.2, 0) is 7.05 Å². The smallest absolute Gasteiger partial charge is 0.321 e. The standard InChI is InChI=1S/C12H17N7OS/c1-18-10(16-17-12(18)21)8-3-2-4-19(7-8)11(20)15-9-5-13-14-6-9/h5-6,8H,2-4,7H2,1H3,(H,13,14)(H,15,20)(H,17,21)/t8-/m1/s1. The van der Waals surface area contributed by atoms with E-state index in [1.807, 2.05) is 11.6 Å². The second-order valence-electron chi connectivity index (χ2n) is 5.15. The number of piperidine rings is 1. The van der Waals surface area contributed by atoms with Crippen LogP contribution in [0.1, 0.15) is 24.6 Å². The molecular weight excluding hydrogens is 290 g/mol. The van der Waals surface area contributed by atoms with Crippen molar-refractivity contribution in [2.24, 2.45) is 7.05 Å². The van der Waals surface area contributed by atoms with Crippen molar-refractivity contribution in [1.82, 2.24) is 29.9 Å². The van der Waals surface area contributed by atoms with Gasteiger partial charge >= 0.3 is 6.03 Å². The van der Waals surface area contributed by atoms with Crippen LogP contribution in [-0.4, -0.2) is 49.0 Å². The number of rotatable bonds is 2. The van der Waals surface area contributed by atoms with Crippen molar-refractivity contribution in [2.45, 2.75) is 18.8 Å². The fourth-order valence-electron chi connectivity index (χ4n) is 2.62. The Labute approximate surface area is 126 Å². The maximum atomic E-state index is 12.3. The molecule has 2 amide bonds. The summed E-state index contributed by atoms with van der Waals surface area (Å²) in [6.45, 7) is 1.38. The lowest BCUT2D eigenvalue weighted by atomic mass is 9.97. The molecule has 2 aromatic heterocycles. The molecule has 0 aromatic carbocycles. The SMILES string of the molecule is Cn1c([C@@H]2CCCN(C(=O)Nc3cn[nH]c3)C2)n[nH]c1=S. The van der Waals surface area contributed by atoms with Gasteiger partial charge < -0.3 is 14.8 Å². The van der Waals surface area contributed by atoms with Crippen LogP contribution in [0.3, 0.4) is 0 Å². The average Bonchev–Trinajstić information content (AvgIpc) is 3.11. The molecular formula is C12H17N7OS. The van der Waals surface area contributed by atoms with E-state index in [1.165, 1.54) is 0 Å². The van der Waals surface area contributed by atoms with E-state index in [2.05, 4.69) is 25.7 Å². The lowest BCUT2D eigenvalue weighted by Gasteiger charge is -2.32. The zero-order valence-corrected chi connectivity index (χ0v) is 12.5. The molecule has 3 rings (SSSR count). The van der Waals surface area contributed by atoms with E-state index in [-0.39, 0.29) is 11.9 Å². The van der Waals surface area contributed by atoms with Crippen molar-refractivity contribution in [3.05, 3.63) is 23.0 Å². The van der Waals surface area contributed by atoms with E-state index in [9.17, 15) is 4.79 Å². The molecule has 1 aliphatic rings. The van der Waals surface area contributed by atoms with Crippen LogP contribution in [0.4, 0.5) is 10.5 Å². The minimum absolute atomic E-state index is 0.113. The third kappa shape index (κ3) is 2.82. The first kappa shape index (κ1) is 13.8. The highest BCUT2D eigenvalue weighted by molar-refractivity contribution is 7.71. The molecule has 1 saturated heterocycles. The molecule has 1 fully saturated rings. The van der Waals surface area contributed by atoms with E-state index in [1.54, 1.807) is 17.3 Å². The number of aromatic nitrogens is 5. The number of urea groups is 1. The highest BCUT2D eigenvalue weighted by atomic mass is 32.1. The van der Waals surface area contributed by atoms with Gasteiger partial charge in [0.1, 0.15) is 5.82 Å². The summed E-state index contributed by atoms with van der Waals surface area (Å²) in [4.78, 5) is 14.1. The summed E-state index contributed by atoms with van der Waals surface area (Å²) in [5.41, 5.74) is 0.667. The Balaban J connectivity index is 1.69. The second kappa shape index (κ2) is 5.68. The summed E-state index contributed by atoms with van der Waals surface area (Å²) in [6, 6.07) is -0.113. The van der Waals surface area contributed by atoms with Gasteiger partial charge in [0.25, 0.3) is 0 Å². The van der Waals surface area contributed by atoms with Gasteiger partial charge in [-0.3, -0.25) is 10.2 Å². The predicted octanol–water partition coefficient (Wildman–Crippen LogP) is 1.61. The second-order valence-corrected chi connectivity index (χ2v) is 5.53. The molecule has 0 bridgehead atoms. The third-order valence-electron chi connectivity index (χ3n) is 3.74. The van der Waals surface area contributed by atoms with Crippen molar-refractivity contribution in [3.63, 3.8) is 0 Å². The molecule has 3 N–H and O–H groups in total. The van der Waals surface area contributed by atoms with Crippen molar-refractivity contribution < 1.29 is 4.79 Å². The number of hydrogen-bond donors (Lipinski definition) is 3. The lowest BCUT2D eigenvalue weighted by molar-refractivity contribution is 0.190. The number of carbonyl (C=O) groups excluding carboxylic acids is 1. The third-order valence-corrected chi connectivity index (χ3v) is 4.10. The van der Waals surface area contributed by atoms with E-state index < -0.39 is 0 Å². The first-order valence-corrected chi connectivity index (χ1v) is 7.22. The first-order chi connectivity index (χ1) is 10.1. The van der Waals surface area contributed by atoms with Crippen LogP contribution in [0.2, 0.25) is 0 Å². The lowest BCUT2D eigenvalue weighted by Crippen LogP contribution is -2.42. The Hall–Kier alpha value is -2.16. The zero-order valence-electron chi connectivity index (χ0n) is 11.7. The first-order valence-electron chi connectivity index (χ1n) is 6.81. The maximum absolute atomic E-state index is 12.3. The summed E-state index contributed by atoms with van der Waals surface area (Å²) in [5.74, 6) is 1.10. The van der Waals surface area contributed by atoms with E-state index in [4.69, 9.17) is 12.2 Å². The maximum Gasteiger partial charge on any atom is 0.321 e. The Morgan fingerprint density at radius 1 is 1.57 bits per heavy atom. The molecule has 9 heteroatoms. The predicted molar refractivity (Wildman–Crippen MR) is 79.5 cm³/mol. The molecule has 21 heavy (non-hydrogen) atoms. The number of amides is 2. The molecule has 8 nitrogen and oxygen atoms in total. The van der Waals surface area contributed by atoms with Crippen molar-refractivity contribution >= 4 is 23.9 Å². The highest BCUT2D eigenvalue weighted by Crippen LogP contribution is 2.25. The van der Waals surface area contributed by atoms with Gasteiger partial charge in [-0.25, -0.2) is 4.79 Å². The van der Waals surface area contributed by atoms with E-state index in [0.717, 1.165) is 25.2 Å². The Bertz CT molecular complexity index is 674. The summed E-state index contributed by atoms with van der Waals surface area (Å²) in [5, 5.41) is 16.4. The summed E-state index contributed by atoms with van der Waals surface area (Å²) in [6.07, 6.45) is 5.18. The molecule has 0 unspecified atom stereocenters. The highest BCUT2D eigenvalue weighted by Gasteiger charge is 2.27. The number of aromatic amines is 2. The van der Waals surface area contributed by atoms with Gasteiger partial charge in [-0.05, 0) is 25.1 Å². The number of carbonyl (C=O) groups is 1. The molecule has 1 atom stereocenters. The van der Waals surface area contributed by atoms with Gasteiger partial charge in [0.15, 0.2) is 4.77 Å². The molecule has 112 valence electrons. The Morgan fingerprint density at radius 3 is 3.10 bits per heavy atom. The normalized spacial score (nSPS) is 18.7. The van der Waals surface area contributed by atoms with Crippen molar-refractivity contribution in [1.29, 1.82) is 0 Å². The van der Waals surface area contributed by atoms with Gasteiger partial charge in [0.05, 0.1) is 11.9 Å². The zero-order chi connectivity index (χ0) is 14.8. The number of hydrogen-bond acceptors (Lipinski definition) is 4. The van der Waals surface area contributed by atoms with Crippen LogP contribution in [0, 0.1) is 4.77 Å². The average molecular weight is 307 g/mol. The van der Waals surface area contributed by atoms with Crippen LogP contribution >= 0.6 is 12.2 Å². The van der Waals surface area contributed by atoms with E-state index >= 15 is 0 Å². The van der Waals surface area contributed by atoms with Gasteiger partial charge in [-0.1, -0.05) is 0 Å². The topological polar surface area (TPSA) is 94.6 Å². The summed E-state index contributed by atoms with van der Waals surface area (Å²) < 4.78 is 2.47. The van der Waals surface area contributed by atoms with Crippen LogP contribution in [0.15, 0.2) is 12.4 Å². The summed E-state index contributed by atoms with van der Waals surface area (Å²) in [7, 11) is 1.89. The molecule has 1 aliphatic heterocycles. The van der Waals surface area contributed by atoms with Gasteiger partial charge in [0, 0.05) is 32.3 Å². The number of nitrogens with zero attached hydrogens (tertiary/aromatic N) is 4. The fraction of sp³-hybridized carbons (Fsp3) is 0.500. The molecule has 2 aromatic rings. The Kier molecular flexibility index (Phi) is 3.74. The largest absolute Gasteiger partial charge is 0.324 e. The molecule has 3 heterocycles. The van der Waals surface area contributed by atoms with Crippen LogP contribution < -0.4 is 5.32 Å². The van der Waals surface area contributed by atoms with Crippen molar-refractivity contribution in [3.8, 4) is 0 Å². The van der Waals surface area contributed by atoms with Crippen molar-refractivity contribution in [2.75, 3.05) is 18.4 Å². The molecule has 0 saturated carbocycles. The fourth-order valence-corrected chi connectivity index (χ4v) is 2.76. The number of likely N-dealkylation sites (tertiary alicyclic amines) is 1. The molecule has 0 spiro atoms. The molecule has 0 radical (unpaired) electrons. The molecule has 0 aliphatic carbocycles. The minimum Gasteiger partial charge on any atom is -0.324 e. The monoisotopic (exact) mass is 307 g/mol. The number of H-pyrrole nitrogens is 2. The number of nitrogens with one attached hydrogen (secondary N) is 3.